The summed E-state index contributed by atoms with van der Waals surface area (Å²) in [5.74, 6) is -0.0290. The molecule has 0 unspecified atom stereocenters. The molecule has 0 aliphatic heterocycles. The first-order valence-electron chi connectivity index (χ1n) is 6.21. The minimum Gasteiger partial charge on any atom is -0.298 e. The van der Waals surface area contributed by atoms with Crippen molar-refractivity contribution in [2.45, 2.75) is 20.8 Å². The molecular formula is C17H16O2. The molecule has 0 N–H and O–H groups in total. The smallest absolute Gasteiger partial charge is 0.193 e. The lowest BCUT2D eigenvalue weighted by molar-refractivity contribution is 0.103. The second-order valence-electron chi connectivity index (χ2n) is 4.78. The quantitative estimate of drug-likeness (QED) is 0.617. The summed E-state index contributed by atoms with van der Waals surface area (Å²) >= 11 is 0. The van der Waals surface area contributed by atoms with Crippen LogP contribution in [0.5, 0.6) is 0 Å². The highest BCUT2D eigenvalue weighted by Crippen LogP contribution is 2.21. The number of carbonyl (C=O) groups excluding carboxylic acids is 2. The van der Waals surface area contributed by atoms with Crippen LogP contribution >= 0.6 is 0 Å². The van der Waals surface area contributed by atoms with E-state index in [0.29, 0.717) is 16.7 Å². The Bertz CT molecular complexity index is 637. The predicted octanol–water partition coefficient (Wildman–Crippen LogP) is 3.66. The van der Waals surface area contributed by atoms with Gasteiger partial charge < -0.3 is 0 Å². The van der Waals surface area contributed by atoms with Crippen LogP contribution in [0.15, 0.2) is 36.4 Å². The Morgan fingerprint density at radius 1 is 0.947 bits per heavy atom. The number of aryl methyl sites for hydroxylation is 2. The van der Waals surface area contributed by atoms with Gasteiger partial charge in [0, 0.05) is 16.7 Å². The van der Waals surface area contributed by atoms with Gasteiger partial charge in [0.1, 0.15) is 6.29 Å². The number of ketones is 1. The third-order valence-corrected chi connectivity index (χ3v) is 3.38. The molecule has 0 atom stereocenters. The lowest BCUT2D eigenvalue weighted by atomic mass is 9.92. The second kappa shape index (κ2) is 5.19. The Hall–Kier alpha value is -2.22. The molecule has 2 rings (SSSR count). The summed E-state index contributed by atoms with van der Waals surface area (Å²) in [5, 5.41) is 0. The summed E-state index contributed by atoms with van der Waals surface area (Å²) in [6.07, 6.45) is 0.792. The van der Waals surface area contributed by atoms with Crippen LogP contribution in [0.3, 0.4) is 0 Å². The van der Waals surface area contributed by atoms with Gasteiger partial charge in [-0.15, -0.1) is 0 Å². The van der Waals surface area contributed by atoms with Gasteiger partial charge in [-0.2, -0.15) is 0 Å². The van der Waals surface area contributed by atoms with E-state index < -0.39 is 0 Å². The average Bonchev–Trinajstić information content (AvgIpc) is 2.39. The second-order valence-corrected chi connectivity index (χ2v) is 4.78. The maximum atomic E-state index is 12.6. The van der Waals surface area contributed by atoms with Gasteiger partial charge in [0.25, 0.3) is 0 Å². The molecule has 0 heterocycles. The topological polar surface area (TPSA) is 34.1 Å². The average molecular weight is 252 g/mol. The standard InChI is InChI=1S/C17H16O2/c1-11-4-7-14(8-5-11)17(19)16-12(2)6-9-15(10-18)13(16)3/h4-10H,1-3H3. The van der Waals surface area contributed by atoms with Crippen molar-refractivity contribution in [1.82, 2.24) is 0 Å². The molecule has 0 fully saturated rings. The molecule has 0 aliphatic carbocycles. The molecule has 2 aromatic carbocycles. The van der Waals surface area contributed by atoms with Gasteiger partial charge in [0.15, 0.2) is 5.78 Å². The molecular weight excluding hydrogens is 236 g/mol. The number of carbonyl (C=O) groups is 2. The van der Waals surface area contributed by atoms with Crippen LogP contribution in [-0.2, 0) is 0 Å². The minimum absolute atomic E-state index is 0.0290. The summed E-state index contributed by atoms with van der Waals surface area (Å²) in [5.41, 5.74) is 4.62. The maximum absolute atomic E-state index is 12.6. The Morgan fingerprint density at radius 3 is 2.16 bits per heavy atom. The van der Waals surface area contributed by atoms with Crippen molar-refractivity contribution in [3.05, 3.63) is 69.8 Å². The van der Waals surface area contributed by atoms with E-state index in [-0.39, 0.29) is 5.78 Å². The molecule has 0 bridgehead atoms. The molecule has 2 aromatic rings. The van der Waals surface area contributed by atoms with E-state index in [1.54, 1.807) is 6.07 Å². The van der Waals surface area contributed by atoms with Crippen LogP contribution in [0.4, 0.5) is 0 Å². The van der Waals surface area contributed by atoms with E-state index in [9.17, 15) is 9.59 Å². The van der Waals surface area contributed by atoms with Crippen molar-refractivity contribution in [2.75, 3.05) is 0 Å². The zero-order chi connectivity index (χ0) is 14.0. The van der Waals surface area contributed by atoms with Crippen molar-refractivity contribution in [1.29, 1.82) is 0 Å². The van der Waals surface area contributed by atoms with Crippen molar-refractivity contribution < 1.29 is 9.59 Å². The van der Waals surface area contributed by atoms with Gasteiger partial charge in [-0.3, -0.25) is 9.59 Å². The van der Waals surface area contributed by atoms with Gasteiger partial charge in [-0.25, -0.2) is 0 Å². The van der Waals surface area contributed by atoms with Crippen LogP contribution in [0.1, 0.15) is 43.0 Å². The molecule has 2 nitrogen and oxygen atoms in total. The molecule has 0 amide bonds. The van der Waals surface area contributed by atoms with Crippen molar-refractivity contribution in [2.24, 2.45) is 0 Å². The van der Waals surface area contributed by atoms with Crippen LogP contribution in [-0.4, -0.2) is 12.1 Å². The SMILES string of the molecule is Cc1ccc(C(=O)c2c(C)ccc(C=O)c2C)cc1. The zero-order valence-corrected chi connectivity index (χ0v) is 11.4. The van der Waals surface area contributed by atoms with Gasteiger partial charge in [0.2, 0.25) is 0 Å². The van der Waals surface area contributed by atoms with Crippen LogP contribution in [0.25, 0.3) is 0 Å². The normalized spacial score (nSPS) is 10.3. The van der Waals surface area contributed by atoms with Crippen molar-refractivity contribution in [3.8, 4) is 0 Å². The van der Waals surface area contributed by atoms with E-state index in [1.165, 1.54) is 0 Å². The predicted molar refractivity (Wildman–Crippen MR) is 75.9 cm³/mol. The largest absolute Gasteiger partial charge is 0.298 e. The van der Waals surface area contributed by atoms with Crippen molar-refractivity contribution >= 4 is 12.1 Å². The fraction of sp³-hybridized carbons (Fsp3) is 0.176. The molecule has 2 heteroatoms. The lowest BCUT2D eigenvalue weighted by Crippen LogP contribution is -2.08. The van der Waals surface area contributed by atoms with Gasteiger partial charge in [0.05, 0.1) is 0 Å². The highest BCUT2D eigenvalue weighted by atomic mass is 16.1. The Morgan fingerprint density at radius 2 is 1.58 bits per heavy atom. The zero-order valence-electron chi connectivity index (χ0n) is 11.4. The lowest BCUT2D eigenvalue weighted by Gasteiger charge is -2.11. The van der Waals surface area contributed by atoms with Crippen LogP contribution in [0, 0.1) is 20.8 Å². The third kappa shape index (κ3) is 2.48. The van der Waals surface area contributed by atoms with E-state index in [2.05, 4.69) is 0 Å². The molecule has 0 saturated heterocycles. The number of benzene rings is 2. The first-order chi connectivity index (χ1) is 9.04. The molecule has 0 radical (unpaired) electrons. The highest BCUT2D eigenvalue weighted by molar-refractivity contribution is 6.11. The molecule has 0 aliphatic rings. The fourth-order valence-corrected chi connectivity index (χ4v) is 2.19. The highest BCUT2D eigenvalue weighted by Gasteiger charge is 2.16. The number of aldehydes is 1. The van der Waals surface area contributed by atoms with E-state index >= 15 is 0 Å². The first-order valence-corrected chi connectivity index (χ1v) is 6.21. The molecule has 0 saturated carbocycles. The fourth-order valence-electron chi connectivity index (χ4n) is 2.19. The first kappa shape index (κ1) is 13.2. The van der Waals surface area contributed by atoms with Crippen LogP contribution < -0.4 is 0 Å². The monoisotopic (exact) mass is 252 g/mol. The van der Waals surface area contributed by atoms with Gasteiger partial charge in [-0.1, -0.05) is 42.0 Å². The van der Waals surface area contributed by atoms with Crippen molar-refractivity contribution in [3.63, 3.8) is 0 Å². The summed E-state index contributed by atoms with van der Waals surface area (Å²) in [6, 6.07) is 11.1. The van der Waals surface area contributed by atoms with E-state index in [0.717, 1.165) is 23.0 Å². The van der Waals surface area contributed by atoms with E-state index in [4.69, 9.17) is 0 Å². The summed E-state index contributed by atoms with van der Waals surface area (Å²) in [6.45, 7) is 5.69. The molecule has 19 heavy (non-hydrogen) atoms. The molecule has 0 aromatic heterocycles. The molecule has 96 valence electrons. The van der Waals surface area contributed by atoms with Crippen LogP contribution in [0.2, 0.25) is 0 Å². The number of rotatable bonds is 3. The number of hydrogen-bond donors (Lipinski definition) is 0. The third-order valence-electron chi connectivity index (χ3n) is 3.38. The number of hydrogen-bond acceptors (Lipinski definition) is 2. The Labute approximate surface area is 113 Å². The van der Waals surface area contributed by atoms with E-state index in [1.807, 2.05) is 51.1 Å². The Kier molecular flexibility index (Phi) is 3.61. The summed E-state index contributed by atoms with van der Waals surface area (Å²) in [4.78, 5) is 23.5. The summed E-state index contributed by atoms with van der Waals surface area (Å²) < 4.78 is 0. The minimum atomic E-state index is -0.0290. The molecule has 0 spiro atoms. The van der Waals surface area contributed by atoms with Gasteiger partial charge in [-0.05, 0) is 31.9 Å². The Balaban J connectivity index is 2.55. The van der Waals surface area contributed by atoms with Gasteiger partial charge >= 0.3 is 0 Å². The maximum Gasteiger partial charge on any atom is 0.193 e. The summed E-state index contributed by atoms with van der Waals surface area (Å²) in [7, 11) is 0.